The van der Waals surface area contributed by atoms with Crippen molar-refractivity contribution in [1.82, 2.24) is 9.97 Å². The molecule has 0 aromatic carbocycles. The SMILES string of the molecule is CCCNc1cc(N(C)CC2(O)CCCC2)nc(C)n1. The van der Waals surface area contributed by atoms with Crippen molar-refractivity contribution in [3.8, 4) is 0 Å². The number of nitrogens with zero attached hydrogens (tertiary/aromatic N) is 3. The maximum Gasteiger partial charge on any atom is 0.134 e. The molecule has 1 aliphatic rings. The molecule has 1 aromatic heterocycles. The standard InChI is InChI=1S/C15H26N4O/c1-4-9-16-13-10-14(18-12(2)17-13)19(3)11-15(20)7-5-6-8-15/h10,20H,4-9,11H2,1-3H3,(H,16,17,18). The Kier molecular flexibility index (Phi) is 4.81. The summed E-state index contributed by atoms with van der Waals surface area (Å²) in [5, 5.41) is 13.8. The number of aliphatic hydroxyl groups is 1. The van der Waals surface area contributed by atoms with E-state index in [9.17, 15) is 5.11 Å². The molecular weight excluding hydrogens is 252 g/mol. The van der Waals surface area contributed by atoms with Crippen molar-refractivity contribution in [2.75, 3.05) is 30.4 Å². The third-order valence-corrected chi connectivity index (χ3v) is 3.84. The number of nitrogens with one attached hydrogen (secondary N) is 1. The van der Waals surface area contributed by atoms with Crippen LogP contribution in [0.25, 0.3) is 0 Å². The fraction of sp³-hybridized carbons (Fsp3) is 0.733. The zero-order valence-electron chi connectivity index (χ0n) is 12.8. The van der Waals surface area contributed by atoms with Crippen molar-refractivity contribution < 1.29 is 5.11 Å². The van der Waals surface area contributed by atoms with Gasteiger partial charge in [-0.3, -0.25) is 0 Å². The molecule has 0 aliphatic heterocycles. The highest BCUT2D eigenvalue weighted by molar-refractivity contribution is 5.49. The van der Waals surface area contributed by atoms with Crippen LogP contribution in [-0.4, -0.2) is 40.8 Å². The molecule has 0 radical (unpaired) electrons. The fourth-order valence-corrected chi connectivity index (χ4v) is 2.80. The van der Waals surface area contributed by atoms with Crippen LogP contribution in [0, 0.1) is 6.92 Å². The van der Waals surface area contributed by atoms with E-state index >= 15 is 0 Å². The molecule has 5 nitrogen and oxygen atoms in total. The maximum absolute atomic E-state index is 10.5. The topological polar surface area (TPSA) is 61.3 Å². The van der Waals surface area contributed by atoms with Crippen molar-refractivity contribution in [3.63, 3.8) is 0 Å². The van der Waals surface area contributed by atoms with Gasteiger partial charge in [0, 0.05) is 26.2 Å². The first kappa shape index (κ1) is 15.0. The number of rotatable bonds is 6. The van der Waals surface area contributed by atoms with E-state index < -0.39 is 5.60 Å². The van der Waals surface area contributed by atoms with Gasteiger partial charge in [0.1, 0.15) is 17.5 Å². The minimum Gasteiger partial charge on any atom is -0.388 e. The van der Waals surface area contributed by atoms with Crippen LogP contribution in [0.2, 0.25) is 0 Å². The summed E-state index contributed by atoms with van der Waals surface area (Å²) in [5.41, 5.74) is -0.551. The average molecular weight is 278 g/mol. The van der Waals surface area contributed by atoms with Crippen LogP contribution < -0.4 is 10.2 Å². The van der Waals surface area contributed by atoms with Crippen LogP contribution >= 0.6 is 0 Å². The molecular formula is C15H26N4O. The molecule has 0 bridgehead atoms. The van der Waals surface area contributed by atoms with Crippen molar-refractivity contribution in [3.05, 3.63) is 11.9 Å². The zero-order chi connectivity index (χ0) is 14.6. The molecule has 1 aromatic rings. The van der Waals surface area contributed by atoms with Gasteiger partial charge in [-0.1, -0.05) is 19.8 Å². The Hall–Kier alpha value is -1.36. The Balaban J connectivity index is 2.08. The highest BCUT2D eigenvalue weighted by Gasteiger charge is 2.32. The van der Waals surface area contributed by atoms with E-state index in [1.54, 1.807) is 0 Å². The lowest BCUT2D eigenvalue weighted by molar-refractivity contribution is 0.0558. The molecule has 1 aliphatic carbocycles. The molecule has 20 heavy (non-hydrogen) atoms. The second-order valence-electron chi connectivity index (χ2n) is 5.87. The summed E-state index contributed by atoms with van der Waals surface area (Å²) < 4.78 is 0. The molecule has 0 saturated heterocycles. The lowest BCUT2D eigenvalue weighted by Gasteiger charge is -2.29. The Labute approximate surface area is 121 Å². The summed E-state index contributed by atoms with van der Waals surface area (Å²) >= 11 is 0. The molecule has 1 heterocycles. The summed E-state index contributed by atoms with van der Waals surface area (Å²) in [5.74, 6) is 2.49. The second-order valence-corrected chi connectivity index (χ2v) is 5.87. The predicted molar refractivity (Wildman–Crippen MR) is 82.2 cm³/mol. The van der Waals surface area contributed by atoms with Gasteiger partial charge in [0.2, 0.25) is 0 Å². The van der Waals surface area contributed by atoms with Gasteiger partial charge in [-0.05, 0) is 26.2 Å². The lowest BCUT2D eigenvalue weighted by atomic mass is 10.0. The first-order valence-electron chi connectivity index (χ1n) is 7.55. The van der Waals surface area contributed by atoms with Crippen LogP contribution in [0.5, 0.6) is 0 Å². The van der Waals surface area contributed by atoms with E-state index in [0.717, 1.165) is 56.1 Å². The first-order valence-corrected chi connectivity index (χ1v) is 7.55. The Bertz CT molecular complexity index is 443. The third-order valence-electron chi connectivity index (χ3n) is 3.84. The van der Waals surface area contributed by atoms with Gasteiger partial charge in [-0.25, -0.2) is 9.97 Å². The van der Waals surface area contributed by atoms with Gasteiger partial charge in [0.25, 0.3) is 0 Å². The fourth-order valence-electron chi connectivity index (χ4n) is 2.80. The number of hydrogen-bond acceptors (Lipinski definition) is 5. The van der Waals surface area contributed by atoms with Gasteiger partial charge in [0.05, 0.1) is 5.60 Å². The molecule has 2 rings (SSSR count). The second kappa shape index (κ2) is 6.39. The number of hydrogen-bond donors (Lipinski definition) is 2. The smallest absolute Gasteiger partial charge is 0.134 e. The minimum absolute atomic E-state index is 0.551. The van der Waals surface area contributed by atoms with Gasteiger partial charge in [-0.2, -0.15) is 0 Å². The summed E-state index contributed by atoms with van der Waals surface area (Å²) in [7, 11) is 1.99. The summed E-state index contributed by atoms with van der Waals surface area (Å²) in [6.45, 7) is 5.57. The quantitative estimate of drug-likeness (QED) is 0.836. The lowest BCUT2D eigenvalue weighted by Crippen LogP contribution is -2.39. The van der Waals surface area contributed by atoms with E-state index in [1.165, 1.54) is 0 Å². The van der Waals surface area contributed by atoms with Crippen LogP contribution in [0.3, 0.4) is 0 Å². The van der Waals surface area contributed by atoms with Crippen molar-refractivity contribution >= 4 is 11.6 Å². The summed E-state index contributed by atoms with van der Waals surface area (Å²) in [6, 6.07) is 1.96. The minimum atomic E-state index is -0.551. The summed E-state index contributed by atoms with van der Waals surface area (Å²) in [6.07, 6.45) is 5.09. The highest BCUT2D eigenvalue weighted by Crippen LogP contribution is 2.31. The highest BCUT2D eigenvalue weighted by atomic mass is 16.3. The Morgan fingerprint density at radius 1 is 1.35 bits per heavy atom. The Morgan fingerprint density at radius 2 is 2.05 bits per heavy atom. The van der Waals surface area contributed by atoms with Crippen LogP contribution in [0.4, 0.5) is 11.6 Å². The molecule has 5 heteroatoms. The third kappa shape index (κ3) is 3.82. The first-order chi connectivity index (χ1) is 9.52. The molecule has 2 N–H and O–H groups in total. The Morgan fingerprint density at radius 3 is 2.70 bits per heavy atom. The van der Waals surface area contributed by atoms with E-state index in [4.69, 9.17) is 0 Å². The van der Waals surface area contributed by atoms with Crippen LogP contribution in [0.1, 0.15) is 44.9 Å². The molecule has 0 amide bonds. The van der Waals surface area contributed by atoms with Gasteiger partial charge in [0.15, 0.2) is 0 Å². The normalized spacial score (nSPS) is 17.2. The van der Waals surface area contributed by atoms with E-state index in [1.807, 2.05) is 24.9 Å². The van der Waals surface area contributed by atoms with Crippen LogP contribution in [-0.2, 0) is 0 Å². The number of likely N-dealkylation sites (N-methyl/N-ethyl adjacent to an activating group) is 1. The van der Waals surface area contributed by atoms with Gasteiger partial charge in [-0.15, -0.1) is 0 Å². The average Bonchev–Trinajstić information content (AvgIpc) is 2.82. The van der Waals surface area contributed by atoms with Crippen molar-refractivity contribution in [2.24, 2.45) is 0 Å². The van der Waals surface area contributed by atoms with Gasteiger partial charge < -0.3 is 15.3 Å². The van der Waals surface area contributed by atoms with E-state index in [2.05, 4.69) is 22.2 Å². The van der Waals surface area contributed by atoms with E-state index in [0.29, 0.717) is 6.54 Å². The maximum atomic E-state index is 10.5. The van der Waals surface area contributed by atoms with Crippen molar-refractivity contribution in [1.29, 1.82) is 0 Å². The van der Waals surface area contributed by atoms with Crippen LogP contribution in [0.15, 0.2) is 6.07 Å². The number of aryl methyl sites for hydroxylation is 1. The summed E-state index contributed by atoms with van der Waals surface area (Å²) in [4.78, 5) is 10.9. The molecule has 112 valence electrons. The monoisotopic (exact) mass is 278 g/mol. The molecule has 1 fully saturated rings. The van der Waals surface area contributed by atoms with Gasteiger partial charge >= 0.3 is 0 Å². The molecule has 0 atom stereocenters. The molecule has 0 unspecified atom stereocenters. The largest absolute Gasteiger partial charge is 0.388 e. The zero-order valence-corrected chi connectivity index (χ0v) is 12.8. The molecule has 1 saturated carbocycles. The van der Waals surface area contributed by atoms with E-state index in [-0.39, 0.29) is 0 Å². The molecule has 0 spiro atoms. The predicted octanol–water partition coefficient (Wildman–Crippen LogP) is 2.35. The number of aromatic nitrogens is 2. The number of anilines is 2. The van der Waals surface area contributed by atoms with Crippen molar-refractivity contribution in [2.45, 2.75) is 51.6 Å².